The standard InChI is InChI=1S/C15H15NO5/c17-7-15-8-19-12(13(15)18)11(21-15)10-6-16-14(20-10)9-4-2-1-3-5-9/h1-6,11-13,17-18H,7-8H2/t11-,12-,13-,15-/m0/s1. The molecule has 4 rings (SSSR count). The molecule has 2 aliphatic heterocycles. The van der Waals surface area contributed by atoms with Crippen molar-refractivity contribution in [3.05, 3.63) is 42.3 Å². The average molecular weight is 289 g/mol. The third kappa shape index (κ3) is 1.84. The quantitative estimate of drug-likeness (QED) is 0.873. The highest BCUT2D eigenvalue weighted by atomic mass is 16.6. The van der Waals surface area contributed by atoms with E-state index in [-0.39, 0.29) is 13.2 Å². The van der Waals surface area contributed by atoms with Gasteiger partial charge in [-0.15, -0.1) is 0 Å². The molecule has 2 fully saturated rings. The molecular weight excluding hydrogens is 274 g/mol. The van der Waals surface area contributed by atoms with Crippen molar-refractivity contribution >= 4 is 0 Å². The summed E-state index contributed by atoms with van der Waals surface area (Å²) in [6.07, 6.45) is -0.369. The lowest BCUT2D eigenvalue weighted by Crippen LogP contribution is -2.43. The van der Waals surface area contributed by atoms with Crippen LogP contribution in [0.1, 0.15) is 11.9 Å². The highest BCUT2D eigenvalue weighted by Gasteiger charge is 2.62. The first-order valence-electron chi connectivity index (χ1n) is 6.83. The molecule has 2 bridgehead atoms. The van der Waals surface area contributed by atoms with Crippen LogP contribution < -0.4 is 0 Å². The number of oxazole rings is 1. The number of fused-ring (bicyclic) bond motifs is 2. The first-order chi connectivity index (χ1) is 10.2. The number of ether oxygens (including phenoxy) is 2. The summed E-state index contributed by atoms with van der Waals surface area (Å²) >= 11 is 0. The van der Waals surface area contributed by atoms with Crippen LogP contribution in [0, 0.1) is 0 Å². The maximum Gasteiger partial charge on any atom is 0.226 e. The number of benzene rings is 1. The van der Waals surface area contributed by atoms with E-state index in [1.807, 2.05) is 30.3 Å². The summed E-state index contributed by atoms with van der Waals surface area (Å²) in [7, 11) is 0. The molecule has 0 unspecified atom stereocenters. The largest absolute Gasteiger partial charge is 0.438 e. The Morgan fingerprint density at radius 3 is 2.81 bits per heavy atom. The summed E-state index contributed by atoms with van der Waals surface area (Å²) in [5.41, 5.74) is -0.181. The van der Waals surface area contributed by atoms with E-state index in [0.29, 0.717) is 11.7 Å². The van der Waals surface area contributed by atoms with Crippen molar-refractivity contribution in [1.29, 1.82) is 0 Å². The molecule has 4 atom stereocenters. The molecule has 1 aromatic heterocycles. The van der Waals surface area contributed by atoms with Crippen molar-refractivity contribution in [2.24, 2.45) is 0 Å². The molecule has 0 spiro atoms. The van der Waals surface area contributed by atoms with Crippen LogP contribution in [0.4, 0.5) is 0 Å². The highest BCUT2D eigenvalue weighted by Crippen LogP contribution is 2.47. The van der Waals surface area contributed by atoms with Gasteiger partial charge >= 0.3 is 0 Å². The third-order valence-electron chi connectivity index (χ3n) is 4.12. The number of hydrogen-bond donors (Lipinski definition) is 2. The first-order valence-corrected chi connectivity index (χ1v) is 6.83. The van der Waals surface area contributed by atoms with Gasteiger partial charge in [-0.05, 0) is 12.1 Å². The van der Waals surface area contributed by atoms with Crippen LogP contribution in [0.2, 0.25) is 0 Å². The summed E-state index contributed by atoms with van der Waals surface area (Å²) in [5.74, 6) is 0.984. The van der Waals surface area contributed by atoms with Gasteiger partial charge in [-0.2, -0.15) is 0 Å². The average Bonchev–Trinajstić information content (AvgIpc) is 3.21. The molecule has 110 valence electrons. The van der Waals surface area contributed by atoms with E-state index in [2.05, 4.69) is 4.98 Å². The third-order valence-corrected chi connectivity index (χ3v) is 4.12. The van der Waals surface area contributed by atoms with Crippen molar-refractivity contribution in [3.8, 4) is 11.5 Å². The minimum absolute atomic E-state index is 0.186. The SMILES string of the molecule is OC[C@@]12CO[C@@H]([C@H](c3cnc(-c4ccccc4)o3)O1)[C@@H]2O. The van der Waals surface area contributed by atoms with Crippen LogP contribution in [0.25, 0.3) is 11.5 Å². The summed E-state index contributed by atoms with van der Waals surface area (Å²) in [6, 6.07) is 9.53. The number of aliphatic hydroxyl groups excluding tert-OH is 2. The summed E-state index contributed by atoms with van der Waals surface area (Å²) in [4.78, 5) is 4.24. The van der Waals surface area contributed by atoms with Crippen molar-refractivity contribution in [2.75, 3.05) is 13.2 Å². The number of nitrogens with zero attached hydrogens (tertiary/aromatic N) is 1. The molecule has 2 saturated heterocycles. The van der Waals surface area contributed by atoms with Crippen LogP contribution in [0.5, 0.6) is 0 Å². The van der Waals surface area contributed by atoms with Gasteiger partial charge in [-0.3, -0.25) is 0 Å². The number of aromatic nitrogens is 1. The van der Waals surface area contributed by atoms with Crippen LogP contribution in [0.3, 0.4) is 0 Å². The Morgan fingerprint density at radius 2 is 2.10 bits per heavy atom. The van der Waals surface area contributed by atoms with Crippen LogP contribution >= 0.6 is 0 Å². The van der Waals surface area contributed by atoms with E-state index in [1.165, 1.54) is 0 Å². The van der Waals surface area contributed by atoms with E-state index >= 15 is 0 Å². The predicted octanol–water partition coefficient (Wildman–Crippen LogP) is 0.904. The molecule has 6 nitrogen and oxygen atoms in total. The minimum Gasteiger partial charge on any atom is -0.438 e. The lowest BCUT2D eigenvalue weighted by Gasteiger charge is -2.27. The Balaban J connectivity index is 1.63. The summed E-state index contributed by atoms with van der Waals surface area (Å²) in [6.45, 7) is -0.105. The molecule has 1 aromatic carbocycles. The Labute approximate surface area is 120 Å². The van der Waals surface area contributed by atoms with Crippen molar-refractivity contribution in [1.82, 2.24) is 4.98 Å². The fourth-order valence-corrected chi connectivity index (χ4v) is 2.92. The van der Waals surface area contributed by atoms with Gasteiger partial charge in [0.15, 0.2) is 5.76 Å². The van der Waals surface area contributed by atoms with Gasteiger partial charge in [-0.25, -0.2) is 4.98 Å². The summed E-state index contributed by atoms with van der Waals surface area (Å²) in [5, 5.41) is 19.6. The molecule has 0 amide bonds. The van der Waals surface area contributed by atoms with E-state index in [1.54, 1.807) is 6.20 Å². The van der Waals surface area contributed by atoms with Gasteiger partial charge in [0.05, 0.1) is 19.4 Å². The Morgan fingerprint density at radius 1 is 1.29 bits per heavy atom. The molecule has 6 heteroatoms. The Hall–Kier alpha value is -1.73. The van der Waals surface area contributed by atoms with Gasteiger partial charge < -0.3 is 24.1 Å². The second kappa shape index (κ2) is 4.64. The number of rotatable bonds is 3. The van der Waals surface area contributed by atoms with Crippen molar-refractivity contribution in [3.63, 3.8) is 0 Å². The Bertz CT molecular complexity index is 643. The summed E-state index contributed by atoms with van der Waals surface area (Å²) < 4.78 is 17.0. The zero-order chi connectivity index (χ0) is 14.4. The first kappa shape index (κ1) is 13.0. The Kier molecular flexibility index (Phi) is 2.87. The minimum atomic E-state index is -1.05. The zero-order valence-corrected chi connectivity index (χ0v) is 11.2. The fourth-order valence-electron chi connectivity index (χ4n) is 2.92. The molecule has 0 radical (unpaired) electrons. The molecule has 0 aliphatic carbocycles. The van der Waals surface area contributed by atoms with Gasteiger partial charge in [0.1, 0.15) is 23.9 Å². The van der Waals surface area contributed by atoms with Crippen molar-refractivity contribution < 1.29 is 24.1 Å². The maximum atomic E-state index is 10.2. The number of aliphatic hydroxyl groups is 2. The number of hydrogen-bond acceptors (Lipinski definition) is 6. The monoisotopic (exact) mass is 289 g/mol. The maximum absolute atomic E-state index is 10.2. The van der Waals surface area contributed by atoms with E-state index in [4.69, 9.17) is 13.9 Å². The molecule has 2 N–H and O–H groups in total. The second-order valence-electron chi connectivity index (χ2n) is 5.42. The van der Waals surface area contributed by atoms with Crippen LogP contribution in [-0.4, -0.2) is 46.2 Å². The molecule has 21 heavy (non-hydrogen) atoms. The van der Waals surface area contributed by atoms with Gasteiger partial charge in [-0.1, -0.05) is 18.2 Å². The second-order valence-corrected chi connectivity index (χ2v) is 5.42. The zero-order valence-electron chi connectivity index (χ0n) is 11.2. The topological polar surface area (TPSA) is 85.0 Å². The normalized spacial score (nSPS) is 34.5. The van der Waals surface area contributed by atoms with Crippen LogP contribution in [0.15, 0.2) is 40.9 Å². The van der Waals surface area contributed by atoms with Gasteiger partial charge in [0.2, 0.25) is 5.89 Å². The highest BCUT2D eigenvalue weighted by molar-refractivity contribution is 5.52. The molecule has 0 saturated carbocycles. The molecule has 3 heterocycles. The van der Waals surface area contributed by atoms with E-state index in [9.17, 15) is 10.2 Å². The van der Waals surface area contributed by atoms with E-state index < -0.39 is 23.9 Å². The predicted molar refractivity (Wildman–Crippen MR) is 71.3 cm³/mol. The lowest BCUT2D eigenvalue weighted by atomic mass is 9.99. The van der Waals surface area contributed by atoms with Gasteiger partial charge in [0.25, 0.3) is 0 Å². The van der Waals surface area contributed by atoms with E-state index in [0.717, 1.165) is 5.56 Å². The lowest BCUT2D eigenvalue weighted by molar-refractivity contribution is -0.167. The van der Waals surface area contributed by atoms with Crippen LogP contribution in [-0.2, 0) is 9.47 Å². The fraction of sp³-hybridized carbons (Fsp3) is 0.400. The van der Waals surface area contributed by atoms with Crippen molar-refractivity contribution in [2.45, 2.75) is 23.9 Å². The molecule has 2 aliphatic rings. The van der Waals surface area contributed by atoms with Gasteiger partial charge in [0, 0.05) is 5.56 Å². The molecule has 2 aromatic rings. The smallest absolute Gasteiger partial charge is 0.226 e. The molecular formula is C15H15NO5.